The van der Waals surface area contributed by atoms with Gasteiger partial charge in [0.2, 0.25) is 5.79 Å². The Hall–Kier alpha value is -0.793. The Bertz CT molecular complexity index is 608. The third kappa shape index (κ3) is 3.75. The first-order chi connectivity index (χ1) is 11.9. The average molecular weight is 383 g/mol. The maximum atomic E-state index is 12.6. The van der Waals surface area contributed by atoms with Gasteiger partial charge in [-0.2, -0.15) is 0 Å². The molecule has 0 saturated heterocycles. The molecule has 6 heteroatoms. The fourth-order valence-electron chi connectivity index (χ4n) is 3.53. The summed E-state index contributed by atoms with van der Waals surface area (Å²) >= 11 is 0. The van der Waals surface area contributed by atoms with E-state index < -0.39 is 20.2 Å². The first kappa shape index (κ1) is 21.5. The van der Waals surface area contributed by atoms with E-state index in [1.54, 1.807) is 27.2 Å². The van der Waals surface area contributed by atoms with Crippen LogP contribution in [0.3, 0.4) is 0 Å². The SMILES string of the molecule is COC1(OC)C=CC(=O)C2=C1[C@H](O[Si](C)(C)C(C)(C)C)C[C@@H](C(C)O)C2. The van der Waals surface area contributed by atoms with Crippen molar-refractivity contribution in [1.82, 2.24) is 0 Å². The van der Waals surface area contributed by atoms with Gasteiger partial charge in [-0.05, 0) is 56.0 Å². The molecule has 0 fully saturated rings. The number of rotatable bonds is 5. The Morgan fingerprint density at radius 3 is 2.31 bits per heavy atom. The molecule has 0 heterocycles. The van der Waals surface area contributed by atoms with Crippen LogP contribution in [0.5, 0.6) is 0 Å². The molecule has 148 valence electrons. The third-order valence-electron chi connectivity index (χ3n) is 6.29. The summed E-state index contributed by atoms with van der Waals surface area (Å²) in [7, 11) is 1.06. The van der Waals surface area contributed by atoms with Crippen molar-refractivity contribution in [3.63, 3.8) is 0 Å². The third-order valence-corrected chi connectivity index (χ3v) is 10.8. The van der Waals surface area contributed by atoms with Gasteiger partial charge in [0.25, 0.3) is 0 Å². The van der Waals surface area contributed by atoms with Gasteiger partial charge in [-0.1, -0.05) is 20.8 Å². The quantitative estimate of drug-likeness (QED) is 0.581. The monoisotopic (exact) mass is 382 g/mol. The summed E-state index contributed by atoms with van der Waals surface area (Å²) in [4.78, 5) is 12.6. The highest BCUT2D eigenvalue weighted by Crippen LogP contribution is 2.46. The second kappa shape index (κ2) is 7.32. The van der Waals surface area contributed by atoms with Crippen LogP contribution in [-0.4, -0.2) is 51.4 Å². The fraction of sp³-hybridized carbons (Fsp3) is 0.750. The Balaban J connectivity index is 2.56. The number of carbonyl (C=O) groups excluding carboxylic acids is 1. The first-order valence-corrected chi connectivity index (χ1v) is 12.2. The number of hydrogen-bond acceptors (Lipinski definition) is 5. The molecule has 0 bridgehead atoms. The summed E-state index contributed by atoms with van der Waals surface area (Å²) in [5.41, 5.74) is 1.44. The molecule has 2 aliphatic rings. The van der Waals surface area contributed by atoms with E-state index in [1.165, 1.54) is 6.08 Å². The zero-order valence-corrected chi connectivity index (χ0v) is 18.4. The molecule has 1 unspecified atom stereocenters. The van der Waals surface area contributed by atoms with Crippen molar-refractivity contribution in [2.24, 2.45) is 5.92 Å². The van der Waals surface area contributed by atoms with Gasteiger partial charge in [-0.25, -0.2) is 0 Å². The van der Waals surface area contributed by atoms with Crippen LogP contribution in [0.2, 0.25) is 18.1 Å². The van der Waals surface area contributed by atoms with E-state index in [0.29, 0.717) is 18.4 Å². The minimum Gasteiger partial charge on any atom is -0.410 e. The number of aliphatic hydroxyl groups excluding tert-OH is 1. The first-order valence-electron chi connectivity index (χ1n) is 9.32. The topological polar surface area (TPSA) is 65.0 Å². The fourth-order valence-corrected chi connectivity index (χ4v) is 4.81. The van der Waals surface area contributed by atoms with Crippen molar-refractivity contribution in [1.29, 1.82) is 0 Å². The molecule has 0 aromatic rings. The number of ether oxygens (including phenoxy) is 2. The molecule has 0 radical (unpaired) electrons. The highest BCUT2D eigenvalue weighted by atomic mass is 28.4. The number of ketones is 1. The van der Waals surface area contributed by atoms with E-state index in [9.17, 15) is 9.90 Å². The largest absolute Gasteiger partial charge is 0.410 e. The standard InChI is InChI=1S/C20H34O5Si/c1-13(21)14-11-15-16(22)9-10-20(23-5,24-6)18(15)17(12-14)25-26(7,8)19(2,3)4/h9-10,13-14,17,21H,11-12H2,1-8H3/t13?,14-,17+/m0/s1. The molecule has 26 heavy (non-hydrogen) atoms. The molecule has 1 N–H and O–H groups in total. The molecule has 0 aromatic carbocycles. The average Bonchev–Trinajstić information content (AvgIpc) is 2.54. The van der Waals surface area contributed by atoms with Crippen LogP contribution in [0.1, 0.15) is 40.5 Å². The number of carbonyl (C=O) groups is 1. The number of hydrogen-bond donors (Lipinski definition) is 1. The Labute approximate surface area is 158 Å². The van der Waals surface area contributed by atoms with Gasteiger partial charge in [0.05, 0.1) is 12.2 Å². The highest BCUT2D eigenvalue weighted by molar-refractivity contribution is 6.74. The smallest absolute Gasteiger partial charge is 0.214 e. The minimum atomic E-state index is -2.11. The van der Waals surface area contributed by atoms with Crippen molar-refractivity contribution < 1.29 is 23.8 Å². The molecular formula is C20H34O5Si. The predicted molar refractivity (Wildman–Crippen MR) is 104 cm³/mol. The Morgan fingerprint density at radius 2 is 1.85 bits per heavy atom. The lowest BCUT2D eigenvalue weighted by atomic mass is 9.73. The maximum absolute atomic E-state index is 12.6. The zero-order chi connectivity index (χ0) is 19.9. The summed E-state index contributed by atoms with van der Waals surface area (Å²) < 4.78 is 18.2. The van der Waals surface area contributed by atoms with E-state index in [2.05, 4.69) is 33.9 Å². The van der Waals surface area contributed by atoms with E-state index in [-0.39, 0.29) is 22.8 Å². The number of aliphatic hydroxyl groups is 1. The molecule has 2 aliphatic carbocycles. The van der Waals surface area contributed by atoms with Gasteiger partial charge >= 0.3 is 0 Å². The normalized spacial score (nSPS) is 27.5. The van der Waals surface area contributed by atoms with Gasteiger partial charge in [0, 0.05) is 25.4 Å². The Morgan fingerprint density at radius 1 is 1.27 bits per heavy atom. The van der Waals surface area contributed by atoms with E-state index in [4.69, 9.17) is 13.9 Å². The predicted octanol–water partition coefficient (Wildman–Crippen LogP) is 3.59. The van der Waals surface area contributed by atoms with Gasteiger partial charge in [0.1, 0.15) is 0 Å². The molecule has 3 atom stereocenters. The van der Waals surface area contributed by atoms with Crippen LogP contribution in [0.4, 0.5) is 0 Å². The van der Waals surface area contributed by atoms with Crippen LogP contribution >= 0.6 is 0 Å². The van der Waals surface area contributed by atoms with Crippen LogP contribution in [-0.2, 0) is 18.7 Å². The van der Waals surface area contributed by atoms with Crippen LogP contribution in [0, 0.1) is 5.92 Å². The van der Waals surface area contributed by atoms with Crippen molar-refractivity contribution in [3.8, 4) is 0 Å². The van der Waals surface area contributed by atoms with Gasteiger partial charge < -0.3 is 19.0 Å². The summed E-state index contributed by atoms with van der Waals surface area (Å²) in [5, 5.41) is 10.2. The summed E-state index contributed by atoms with van der Waals surface area (Å²) in [5.74, 6) is -1.15. The van der Waals surface area contributed by atoms with Crippen LogP contribution < -0.4 is 0 Å². The summed E-state index contributed by atoms with van der Waals surface area (Å²) in [6.07, 6.45) is 3.54. The second-order valence-corrected chi connectivity index (χ2v) is 13.7. The van der Waals surface area contributed by atoms with Gasteiger partial charge in [0.15, 0.2) is 14.1 Å². The van der Waals surface area contributed by atoms with Gasteiger partial charge in [-0.15, -0.1) is 0 Å². The molecule has 0 spiro atoms. The molecule has 5 nitrogen and oxygen atoms in total. The molecule has 2 rings (SSSR count). The van der Waals surface area contributed by atoms with Crippen molar-refractivity contribution in [2.75, 3.05) is 14.2 Å². The lowest BCUT2D eigenvalue weighted by Gasteiger charge is -2.47. The summed E-state index contributed by atoms with van der Waals surface area (Å²) in [6, 6.07) is 0. The van der Waals surface area contributed by atoms with Crippen molar-refractivity contribution in [2.45, 2.75) is 76.7 Å². The van der Waals surface area contributed by atoms with Crippen LogP contribution in [0.25, 0.3) is 0 Å². The lowest BCUT2D eigenvalue weighted by Crippen LogP contribution is -2.52. The molecule has 0 amide bonds. The minimum absolute atomic E-state index is 0.0228. The molecule has 0 aromatic heterocycles. The number of methoxy groups -OCH3 is 2. The lowest BCUT2D eigenvalue weighted by molar-refractivity contribution is -0.156. The van der Waals surface area contributed by atoms with Gasteiger partial charge in [-0.3, -0.25) is 4.79 Å². The van der Waals surface area contributed by atoms with Crippen LogP contribution in [0.15, 0.2) is 23.3 Å². The highest BCUT2D eigenvalue weighted by Gasteiger charge is 2.50. The summed E-state index contributed by atoms with van der Waals surface area (Å²) in [6.45, 7) is 12.7. The molecular weight excluding hydrogens is 348 g/mol. The Kier molecular flexibility index (Phi) is 6.05. The van der Waals surface area contributed by atoms with Crippen molar-refractivity contribution in [3.05, 3.63) is 23.3 Å². The van der Waals surface area contributed by atoms with Crippen molar-refractivity contribution >= 4 is 14.1 Å². The number of allylic oxidation sites excluding steroid dienone is 2. The molecule has 0 saturated carbocycles. The second-order valence-electron chi connectivity index (χ2n) is 8.97. The molecule has 0 aliphatic heterocycles. The van der Waals surface area contributed by atoms with E-state index >= 15 is 0 Å². The van der Waals surface area contributed by atoms with E-state index in [0.717, 1.165) is 5.57 Å². The van der Waals surface area contributed by atoms with E-state index in [1.807, 2.05) is 0 Å². The zero-order valence-electron chi connectivity index (χ0n) is 17.4. The maximum Gasteiger partial charge on any atom is 0.214 e.